The van der Waals surface area contributed by atoms with Gasteiger partial charge in [-0.25, -0.2) is 0 Å². The van der Waals surface area contributed by atoms with Gasteiger partial charge in [0.05, 0.1) is 26.9 Å². The molecule has 1 N–H and O–H groups in total. The van der Waals surface area contributed by atoms with E-state index in [-0.39, 0.29) is 17.5 Å². The number of phenols is 1. The van der Waals surface area contributed by atoms with Gasteiger partial charge in [0, 0.05) is 25.1 Å². The van der Waals surface area contributed by atoms with Gasteiger partial charge in [-0.2, -0.15) is 0 Å². The number of rotatable bonds is 7. The van der Waals surface area contributed by atoms with Gasteiger partial charge in [0.25, 0.3) is 0 Å². The molecule has 2 aromatic rings. The second-order valence-electron chi connectivity index (χ2n) is 7.01. The van der Waals surface area contributed by atoms with E-state index in [2.05, 4.69) is 4.90 Å². The van der Waals surface area contributed by atoms with Gasteiger partial charge in [0.1, 0.15) is 11.5 Å². The first kappa shape index (κ1) is 20.0. The Morgan fingerprint density at radius 1 is 1.07 bits per heavy atom. The van der Waals surface area contributed by atoms with Crippen LogP contribution in [-0.4, -0.2) is 50.2 Å². The van der Waals surface area contributed by atoms with E-state index in [9.17, 15) is 9.90 Å². The molecule has 1 aliphatic heterocycles. The predicted octanol–water partition coefficient (Wildman–Crippen LogP) is 3.51. The second kappa shape index (κ2) is 8.97. The Morgan fingerprint density at radius 2 is 1.86 bits per heavy atom. The Bertz CT molecular complexity index is 836. The van der Waals surface area contributed by atoms with E-state index < -0.39 is 0 Å². The summed E-state index contributed by atoms with van der Waals surface area (Å²) in [6.07, 6.45) is 1.81. The second-order valence-corrected chi connectivity index (χ2v) is 7.01. The van der Waals surface area contributed by atoms with Crippen molar-refractivity contribution in [3.05, 3.63) is 47.5 Å². The highest BCUT2D eigenvalue weighted by atomic mass is 16.5. The highest BCUT2D eigenvalue weighted by Gasteiger charge is 2.28. The molecule has 6 nitrogen and oxygen atoms in total. The van der Waals surface area contributed by atoms with Crippen molar-refractivity contribution in [1.29, 1.82) is 0 Å². The van der Waals surface area contributed by atoms with Gasteiger partial charge in [-0.3, -0.25) is 9.69 Å². The van der Waals surface area contributed by atoms with E-state index in [1.807, 2.05) is 6.07 Å². The van der Waals surface area contributed by atoms with E-state index in [1.165, 1.54) is 7.11 Å². The van der Waals surface area contributed by atoms with Crippen molar-refractivity contribution in [2.75, 3.05) is 34.4 Å². The zero-order valence-corrected chi connectivity index (χ0v) is 16.6. The molecule has 0 amide bonds. The molecule has 1 aliphatic rings. The summed E-state index contributed by atoms with van der Waals surface area (Å²) in [6.45, 7) is 2.29. The minimum atomic E-state index is -0.0807. The molecule has 1 heterocycles. The molecule has 1 saturated heterocycles. The van der Waals surface area contributed by atoms with Gasteiger partial charge in [-0.15, -0.1) is 0 Å². The maximum atomic E-state index is 13.1. The zero-order valence-electron chi connectivity index (χ0n) is 16.6. The summed E-state index contributed by atoms with van der Waals surface area (Å²) in [5.41, 5.74) is 1.59. The third-order valence-electron chi connectivity index (χ3n) is 5.20. The molecule has 1 atom stereocenters. The van der Waals surface area contributed by atoms with Crippen molar-refractivity contribution < 1.29 is 24.1 Å². The molecule has 150 valence electrons. The summed E-state index contributed by atoms with van der Waals surface area (Å²) in [6, 6.07) is 10.7. The molecule has 3 rings (SSSR count). The van der Waals surface area contributed by atoms with Crippen molar-refractivity contribution in [3.63, 3.8) is 0 Å². The summed E-state index contributed by atoms with van der Waals surface area (Å²) < 4.78 is 15.7. The van der Waals surface area contributed by atoms with Gasteiger partial charge >= 0.3 is 0 Å². The maximum absolute atomic E-state index is 13.1. The number of hydrogen-bond acceptors (Lipinski definition) is 6. The van der Waals surface area contributed by atoms with Crippen LogP contribution in [0.15, 0.2) is 36.4 Å². The standard InChI is InChI=1S/C22H27NO5/c1-26-17-7-8-18(21(12-17)28-3)22(25)16-5-4-10-23(14-16)13-15-6-9-20(27-2)19(24)11-15/h6-9,11-12,16,24H,4-5,10,13-14H2,1-3H3/t16-/m0/s1. The van der Waals surface area contributed by atoms with Crippen molar-refractivity contribution >= 4 is 5.78 Å². The van der Waals surface area contributed by atoms with Crippen LogP contribution in [0.25, 0.3) is 0 Å². The minimum absolute atomic E-state index is 0.0807. The Morgan fingerprint density at radius 3 is 2.54 bits per heavy atom. The highest BCUT2D eigenvalue weighted by Crippen LogP contribution is 2.31. The molecular formula is C22H27NO5. The van der Waals surface area contributed by atoms with Gasteiger partial charge in [0.2, 0.25) is 0 Å². The lowest BCUT2D eigenvalue weighted by atomic mass is 9.89. The van der Waals surface area contributed by atoms with E-state index in [0.717, 1.165) is 24.9 Å². The number of piperidine rings is 1. The van der Waals surface area contributed by atoms with Crippen molar-refractivity contribution in [1.82, 2.24) is 4.90 Å². The number of nitrogens with zero attached hydrogens (tertiary/aromatic N) is 1. The predicted molar refractivity (Wildman–Crippen MR) is 107 cm³/mol. The van der Waals surface area contributed by atoms with Gasteiger partial charge in [-0.05, 0) is 49.2 Å². The number of aromatic hydroxyl groups is 1. The fourth-order valence-electron chi connectivity index (χ4n) is 3.73. The molecule has 0 aliphatic carbocycles. The topological polar surface area (TPSA) is 68.2 Å². The fraction of sp³-hybridized carbons (Fsp3) is 0.409. The first-order valence-corrected chi connectivity index (χ1v) is 9.40. The van der Waals surface area contributed by atoms with Crippen LogP contribution < -0.4 is 14.2 Å². The van der Waals surface area contributed by atoms with Crippen molar-refractivity contribution in [3.8, 4) is 23.0 Å². The largest absolute Gasteiger partial charge is 0.504 e. The average Bonchev–Trinajstić information content (AvgIpc) is 2.73. The monoisotopic (exact) mass is 385 g/mol. The summed E-state index contributed by atoms with van der Waals surface area (Å²) in [5, 5.41) is 9.99. The first-order valence-electron chi connectivity index (χ1n) is 9.40. The van der Waals surface area contributed by atoms with E-state index >= 15 is 0 Å². The summed E-state index contributed by atoms with van der Waals surface area (Å²) in [5.74, 6) is 1.82. The summed E-state index contributed by atoms with van der Waals surface area (Å²) in [4.78, 5) is 15.4. The molecule has 6 heteroatoms. The molecule has 2 aromatic carbocycles. The molecular weight excluding hydrogens is 358 g/mol. The van der Waals surface area contributed by atoms with E-state index in [0.29, 0.717) is 35.9 Å². The Balaban J connectivity index is 1.71. The molecule has 0 bridgehead atoms. The number of ketones is 1. The normalized spacial score (nSPS) is 17.2. The van der Waals surface area contributed by atoms with Gasteiger partial charge in [-0.1, -0.05) is 6.07 Å². The van der Waals surface area contributed by atoms with Crippen LogP contribution >= 0.6 is 0 Å². The van der Waals surface area contributed by atoms with E-state index in [1.54, 1.807) is 44.6 Å². The maximum Gasteiger partial charge on any atom is 0.170 e. The molecule has 1 fully saturated rings. The number of likely N-dealkylation sites (tertiary alicyclic amines) is 1. The molecule has 28 heavy (non-hydrogen) atoms. The van der Waals surface area contributed by atoms with E-state index in [4.69, 9.17) is 14.2 Å². The Labute approximate surface area is 165 Å². The SMILES string of the molecule is COc1ccc(C(=O)[C@H]2CCCN(Cc3ccc(OC)c(O)c3)C2)c(OC)c1. The summed E-state index contributed by atoms with van der Waals surface area (Å²) >= 11 is 0. The third kappa shape index (κ3) is 4.39. The van der Waals surface area contributed by atoms with Crippen molar-refractivity contribution in [2.45, 2.75) is 19.4 Å². The molecule has 0 saturated carbocycles. The summed E-state index contributed by atoms with van der Waals surface area (Å²) in [7, 11) is 4.68. The average molecular weight is 385 g/mol. The van der Waals surface area contributed by atoms with Crippen LogP contribution in [-0.2, 0) is 6.54 Å². The Kier molecular flexibility index (Phi) is 6.41. The number of carbonyl (C=O) groups is 1. The van der Waals surface area contributed by atoms with Crippen LogP contribution in [0.1, 0.15) is 28.8 Å². The number of methoxy groups -OCH3 is 3. The highest BCUT2D eigenvalue weighted by molar-refractivity contribution is 6.00. The molecule has 0 unspecified atom stereocenters. The van der Waals surface area contributed by atoms with Crippen LogP contribution in [0.5, 0.6) is 23.0 Å². The first-order chi connectivity index (χ1) is 13.5. The smallest absolute Gasteiger partial charge is 0.170 e. The number of hydrogen-bond donors (Lipinski definition) is 1. The van der Waals surface area contributed by atoms with Crippen LogP contribution in [0, 0.1) is 5.92 Å². The van der Waals surface area contributed by atoms with Gasteiger partial charge < -0.3 is 19.3 Å². The minimum Gasteiger partial charge on any atom is -0.504 e. The fourth-order valence-corrected chi connectivity index (χ4v) is 3.73. The lowest BCUT2D eigenvalue weighted by molar-refractivity contribution is 0.0808. The van der Waals surface area contributed by atoms with Crippen LogP contribution in [0.2, 0.25) is 0 Å². The molecule has 0 spiro atoms. The lowest BCUT2D eigenvalue weighted by Crippen LogP contribution is -2.38. The molecule has 0 aromatic heterocycles. The number of phenolic OH excluding ortho intramolecular Hbond substituents is 1. The lowest BCUT2D eigenvalue weighted by Gasteiger charge is -2.32. The van der Waals surface area contributed by atoms with Crippen LogP contribution in [0.3, 0.4) is 0 Å². The number of benzene rings is 2. The van der Waals surface area contributed by atoms with Gasteiger partial charge in [0.15, 0.2) is 17.3 Å². The quantitative estimate of drug-likeness (QED) is 0.736. The number of ether oxygens (including phenoxy) is 3. The number of Topliss-reactive ketones (excluding diaryl/α,β-unsaturated/α-hetero) is 1. The Hall–Kier alpha value is -2.73. The zero-order chi connectivity index (χ0) is 20.1. The number of carbonyl (C=O) groups excluding carboxylic acids is 1. The van der Waals surface area contributed by atoms with Crippen molar-refractivity contribution in [2.24, 2.45) is 5.92 Å². The molecule has 0 radical (unpaired) electrons. The van der Waals surface area contributed by atoms with Crippen LogP contribution in [0.4, 0.5) is 0 Å². The third-order valence-corrected chi connectivity index (χ3v) is 5.20.